The predicted molar refractivity (Wildman–Crippen MR) is 127 cm³/mol. The molecule has 2 N–H and O–H groups in total. The van der Waals surface area contributed by atoms with Gasteiger partial charge in [-0.05, 0) is 78.5 Å². The number of rotatable bonds is 2. The Morgan fingerprint density at radius 1 is 1.03 bits per heavy atom. The van der Waals surface area contributed by atoms with E-state index in [1.165, 1.54) is 0 Å². The molecule has 31 heavy (non-hydrogen) atoms. The zero-order valence-electron chi connectivity index (χ0n) is 17.7. The summed E-state index contributed by atoms with van der Waals surface area (Å²) in [6.45, 7) is 7.92. The normalized spacial score (nSPS) is 14.0. The average molecular weight is 470 g/mol. The Balaban J connectivity index is 2.02. The van der Waals surface area contributed by atoms with Gasteiger partial charge in [0.25, 0.3) is 0 Å². The monoisotopic (exact) mass is 469 g/mol. The van der Waals surface area contributed by atoms with Crippen LogP contribution in [0.25, 0.3) is 22.9 Å². The molecule has 0 aliphatic heterocycles. The number of nitrogen functional groups attached to an aromatic ring is 1. The quantitative estimate of drug-likeness (QED) is 0.508. The van der Waals surface area contributed by atoms with Gasteiger partial charge in [0.1, 0.15) is 18.0 Å². The molecule has 2 heterocycles. The lowest BCUT2D eigenvalue weighted by atomic mass is 9.95. The van der Waals surface area contributed by atoms with Gasteiger partial charge in [-0.2, -0.15) is 10.5 Å². The minimum atomic E-state index is 0.156. The lowest BCUT2D eigenvalue weighted by Crippen LogP contribution is -2.03. The maximum Gasteiger partial charge on any atom is 0.142 e. The summed E-state index contributed by atoms with van der Waals surface area (Å²) in [6, 6.07) is 14.6. The van der Waals surface area contributed by atoms with Crippen molar-refractivity contribution in [3.8, 4) is 17.8 Å². The van der Waals surface area contributed by atoms with Crippen molar-refractivity contribution in [2.75, 3.05) is 5.73 Å². The van der Waals surface area contributed by atoms with E-state index in [-0.39, 0.29) is 5.82 Å². The highest BCUT2D eigenvalue weighted by Crippen LogP contribution is 2.45. The van der Waals surface area contributed by atoms with Gasteiger partial charge in [0, 0.05) is 32.7 Å². The van der Waals surface area contributed by atoms with E-state index in [0.717, 1.165) is 49.4 Å². The van der Waals surface area contributed by atoms with Gasteiger partial charge in [-0.1, -0.05) is 18.2 Å². The van der Waals surface area contributed by atoms with Crippen molar-refractivity contribution >= 4 is 39.0 Å². The first-order valence-electron chi connectivity index (χ1n) is 9.78. The molecule has 1 aliphatic rings. The van der Waals surface area contributed by atoms with Gasteiger partial charge >= 0.3 is 0 Å². The number of hydrogen-bond acceptors (Lipinski definition) is 4. The molecule has 0 saturated heterocycles. The van der Waals surface area contributed by atoms with Crippen LogP contribution in [0, 0.1) is 43.4 Å². The summed E-state index contributed by atoms with van der Waals surface area (Å²) in [5, 5.41) is 19.4. The fraction of sp³-hybridized carbons (Fsp3) is 0.160. The van der Waals surface area contributed by atoms with E-state index in [1.807, 2.05) is 32.0 Å². The van der Waals surface area contributed by atoms with E-state index in [0.29, 0.717) is 16.8 Å². The molecule has 1 aromatic carbocycles. The van der Waals surface area contributed by atoms with Gasteiger partial charge in [-0.25, -0.2) is 4.98 Å². The number of pyridine rings is 1. The first-order chi connectivity index (χ1) is 14.8. The molecular weight excluding hydrogens is 450 g/mol. The number of aromatic nitrogens is 2. The molecule has 3 aromatic rings. The van der Waals surface area contributed by atoms with Crippen LogP contribution in [0.4, 0.5) is 5.82 Å². The number of para-hydroxylation sites is 1. The third-order valence-electron chi connectivity index (χ3n) is 5.90. The van der Waals surface area contributed by atoms with Crippen molar-refractivity contribution < 1.29 is 0 Å². The number of anilines is 1. The van der Waals surface area contributed by atoms with Crippen molar-refractivity contribution in [2.24, 2.45) is 0 Å². The van der Waals surface area contributed by atoms with Gasteiger partial charge in [-0.3, -0.25) is 0 Å². The number of nitrogens with zero attached hydrogens (tertiary/aromatic N) is 4. The van der Waals surface area contributed by atoms with E-state index in [1.54, 1.807) is 0 Å². The first-order valence-corrected chi connectivity index (χ1v) is 10.6. The molecule has 0 bridgehead atoms. The molecule has 6 heteroatoms. The fourth-order valence-corrected chi connectivity index (χ4v) is 4.87. The average Bonchev–Trinajstić information content (AvgIpc) is 3.14. The molecule has 2 aromatic heterocycles. The second-order valence-electron chi connectivity index (χ2n) is 7.57. The third-order valence-corrected chi connectivity index (χ3v) is 6.90. The van der Waals surface area contributed by atoms with Crippen LogP contribution < -0.4 is 5.73 Å². The smallest absolute Gasteiger partial charge is 0.142 e. The van der Waals surface area contributed by atoms with E-state index in [9.17, 15) is 10.5 Å². The fourth-order valence-electron chi connectivity index (χ4n) is 4.30. The van der Waals surface area contributed by atoms with E-state index in [2.05, 4.69) is 69.7 Å². The lowest BCUT2D eigenvalue weighted by molar-refractivity contribution is 0.962. The van der Waals surface area contributed by atoms with Crippen molar-refractivity contribution in [1.82, 2.24) is 9.55 Å². The van der Waals surface area contributed by atoms with Crippen LogP contribution in [-0.4, -0.2) is 9.55 Å². The van der Waals surface area contributed by atoms with Crippen molar-refractivity contribution in [3.63, 3.8) is 0 Å². The summed E-state index contributed by atoms with van der Waals surface area (Å²) in [7, 11) is 0. The Bertz CT molecular complexity index is 1390. The van der Waals surface area contributed by atoms with E-state index in [4.69, 9.17) is 5.73 Å². The number of nitrogens with two attached hydrogens (primary N) is 1. The molecular formula is C25H20BrN5. The van der Waals surface area contributed by atoms with Crippen LogP contribution in [0.15, 0.2) is 40.4 Å². The number of halogens is 1. The highest BCUT2D eigenvalue weighted by atomic mass is 79.9. The minimum Gasteiger partial charge on any atom is -0.383 e. The SMILES string of the molecule is CC1=C(C#N)c2nc(N)c(C#N)c(C)c2C1=Cc1c(Br)c(C)n(-c2ccccc2)c1C. The summed E-state index contributed by atoms with van der Waals surface area (Å²) in [4.78, 5) is 4.41. The van der Waals surface area contributed by atoms with Crippen LogP contribution in [-0.2, 0) is 0 Å². The molecule has 0 fully saturated rings. The first kappa shape index (κ1) is 20.7. The van der Waals surface area contributed by atoms with E-state index >= 15 is 0 Å². The van der Waals surface area contributed by atoms with E-state index < -0.39 is 0 Å². The maximum atomic E-state index is 9.79. The Hall–Kier alpha value is -3.61. The Morgan fingerprint density at radius 3 is 2.32 bits per heavy atom. The number of allylic oxidation sites excluding steroid dienone is 3. The minimum absolute atomic E-state index is 0.156. The van der Waals surface area contributed by atoms with Gasteiger partial charge < -0.3 is 10.3 Å². The molecule has 0 unspecified atom stereocenters. The van der Waals surface area contributed by atoms with Gasteiger partial charge in [-0.15, -0.1) is 0 Å². The van der Waals surface area contributed by atoms with Crippen molar-refractivity contribution in [3.05, 3.63) is 79.7 Å². The predicted octanol–water partition coefficient (Wildman–Crippen LogP) is 5.87. The summed E-state index contributed by atoms with van der Waals surface area (Å²) in [6.07, 6.45) is 2.08. The Morgan fingerprint density at radius 2 is 1.71 bits per heavy atom. The maximum absolute atomic E-state index is 9.79. The summed E-state index contributed by atoms with van der Waals surface area (Å²) in [5.74, 6) is 0.156. The number of benzene rings is 1. The van der Waals surface area contributed by atoms with Crippen LogP contribution in [0.2, 0.25) is 0 Å². The third kappa shape index (κ3) is 3.00. The van der Waals surface area contributed by atoms with Crippen molar-refractivity contribution in [1.29, 1.82) is 10.5 Å². The lowest BCUT2D eigenvalue weighted by Gasteiger charge is -2.11. The number of fused-ring (bicyclic) bond motifs is 1. The standard InChI is InChI=1S/C25H20BrN5/c1-13-18(22-14(2)21(12-28)25(29)30-24(22)20(13)11-27)10-19-15(3)31(16(4)23(19)26)17-8-6-5-7-9-17/h5-10H,1-4H3,(H2,29,30). The Kier molecular flexibility index (Phi) is 5.05. The topological polar surface area (TPSA) is 91.4 Å². The number of hydrogen-bond donors (Lipinski definition) is 1. The van der Waals surface area contributed by atoms with Crippen LogP contribution >= 0.6 is 15.9 Å². The second-order valence-corrected chi connectivity index (χ2v) is 8.36. The molecule has 0 spiro atoms. The molecule has 0 saturated carbocycles. The molecule has 5 nitrogen and oxygen atoms in total. The highest BCUT2D eigenvalue weighted by Gasteiger charge is 2.30. The summed E-state index contributed by atoms with van der Waals surface area (Å²) >= 11 is 3.77. The number of nitriles is 2. The summed E-state index contributed by atoms with van der Waals surface area (Å²) < 4.78 is 3.19. The zero-order valence-corrected chi connectivity index (χ0v) is 19.3. The van der Waals surface area contributed by atoms with Gasteiger partial charge in [0.15, 0.2) is 0 Å². The molecule has 0 amide bonds. The van der Waals surface area contributed by atoms with Crippen molar-refractivity contribution in [2.45, 2.75) is 27.7 Å². The summed E-state index contributed by atoms with van der Waals surface area (Å²) in [5.41, 5.74) is 14.9. The zero-order chi connectivity index (χ0) is 22.4. The molecule has 4 rings (SSSR count). The highest BCUT2D eigenvalue weighted by molar-refractivity contribution is 9.10. The Labute approximate surface area is 189 Å². The molecule has 152 valence electrons. The second kappa shape index (κ2) is 7.58. The molecule has 1 aliphatic carbocycles. The molecule has 0 radical (unpaired) electrons. The largest absolute Gasteiger partial charge is 0.383 e. The van der Waals surface area contributed by atoms with Crippen LogP contribution in [0.5, 0.6) is 0 Å². The van der Waals surface area contributed by atoms with Gasteiger partial charge in [0.2, 0.25) is 0 Å². The molecule has 0 atom stereocenters. The van der Waals surface area contributed by atoms with Crippen LogP contribution in [0.3, 0.4) is 0 Å². The van der Waals surface area contributed by atoms with Crippen LogP contribution in [0.1, 0.15) is 46.3 Å². The van der Waals surface area contributed by atoms with Gasteiger partial charge in [0.05, 0.1) is 16.8 Å².